The minimum atomic E-state index is -0.345. The van der Waals surface area contributed by atoms with Crippen LogP contribution in [-0.4, -0.2) is 16.8 Å². The Bertz CT molecular complexity index is 1270. The number of benzene rings is 3. The van der Waals surface area contributed by atoms with Crippen molar-refractivity contribution in [3.63, 3.8) is 0 Å². The predicted octanol–water partition coefficient (Wildman–Crippen LogP) is 6.22. The third-order valence-corrected chi connectivity index (χ3v) is 5.22. The van der Waals surface area contributed by atoms with Crippen LogP contribution >= 0.6 is 11.6 Å². The van der Waals surface area contributed by atoms with Gasteiger partial charge in [0, 0.05) is 17.3 Å². The molecule has 2 N–H and O–H groups in total. The lowest BCUT2D eigenvalue weighted by Crippen LogP contribution is -2.15. The lowest BCUT2D eigenvalue weighted by molar-refractivity contribution is 0.101. The molecule has 3 aromatic carbocycles. The van der Waals surface area contributed by atoms with E-state index in [4.69, 9.17) is 11.6 Å². The molecule has 32 heavy (non-hydrogen) atoms. The normalized spacial score (nSPS) is 10.4. The first-order valence-electron chi connectivity index (χ1n) is 10.00. The number of amides is 2. The molecule has 4 rings (SSSR count). The van der Waals surface area contributed by atoms with Crippen LogP contribution in [0.1, 0.15) is 26.3 Å². The van der Waals surface area contributed by atoms with E-state index in [2.05, 4.69) is 15.6 Å². The standard InChI is InChI=1S/C26H20ClN3O2/c1-17-13-14-28-24(15-17)30-26(32)21-11-12-22(27)23(16-21)29-25(31)20-9-7-19(8-10-20)18-5-3-2-4-6-18/h2-16H,1H3,(H,29,31)(H,28,30,32). The fourth-order valence-electron chi connectivity index (χ4n) is 3.19. The second-order valence-electron chi connectivity index (χ2n) is 7.26. The van der Waals surface area contributed by atoms with Gasteiger partial charge in [-0.15, -0.1) is 0 Å². The predicted molar refractivity (Wildman–Crippen MR) is 128 cm³/mol. The summed E-state index contributed by atoms with van der Waals surface area (Å²) in [5.41, 5.74) is 4.27. The second-order valence-corrected chi connectivity index (χ2v) is 7.67. The monoisotopic (exact) mass is 441 g/mol. The molecule has 1 aromatic heterocycles. The van der Waals surface area contributed by atoms with Crippen molar-refractivity contribution in [3.05, 3.63) is 113 Å². The largest absolute Gasteiger partial charge is 0.321 e. The molecule has 0 aliphatic heterocycles. The van der Waals surface area contributed by atoms with Crippen molar-refractivity contribution in [1.82, 2.24) is 4.98 Å². The summed E-state index contributed by atoms with van der Waals surface area (Å²) in [4.78, 5) is 29.5. The van der Waals surface area contributed by atoms with Crippen molar-refractivity contribution in [1.29, 1.82) is 0 Å². The van der Waals surface area contributed by atoms with Crippen molar-refractivity contribution >= 4 is 34.9 Å². The fraction of sp³-hybridized carbons (Fsp3) is 0.0385. The molecule has 2 amide bonds. The van der Waals surface area contributed by atoms with Gasteiger partial charge in [0.05, 0.1) is 10.7 Å². The number of pyridine rings is 1. The minimum Gasteiger partial charge on any atom is -0.321 e. The van der Waals surface area contributed by atoms with Crippen LogP contribution in [0.25, 0.3) is 11.1 Å². The fourth-order valence-corrected chi connectivity index (χ4v) is 3.36. The van der Waals surface area contributed by atoms with E-state index in [9.17, 15) is 9.59 Å². The number of halogens is 1. The highest BCUT2D eigenvalue weighted by atomic mass is 35.5. The van der Waals surface area contributed by atoms with Crippen LogP contribution in [0.4, 0.5) is 11.5 Å². The highest BCUT2D eigenvalue weighted by Crippen LogP contribution is 2.25. The Hall–Kier alpha value is -3.96. The van der Waals surface area contributed by atoms with Crippen LogP contribution in [0.2, 0.25) is 5.02 Å². The van der Waals surface area contributed by atoms with Gasteiger partial charge in [-0.05, 0) is 66.1 Å². The lowest BCUT2D eigenvalue weighted by Gasteiger charge is -2.11. The minimum absolute atomic E-state index is 0.315. The van der Waals surface area contributed by atoms with Crippen molar-refractivity contribution in [3.8, 4) is 11.1 Å². The van der Waals surface area contributed by atoms with E-state index in [-0.39, 0.29) is 11.8 Å². The van der Waals surface area contributed by atoms with Gasteiger partial charge < -0.3 is 10.6 Å². The number of carbonyl (C=O) groups is 2. The Morgan fingerprint density at radius 2 is 1.41 bits per heavy atom. The number of nitrogens with one attached hydrogen (secondary N) is 2. The van der Waals surface area contributed by atoms with Crippen molar-refractivity contribution in [2.75, 3.05) is 10.6 Å². The van der Waals surface area contributed by atoms with E-state index in [1.807, 2.05) is 55.5 Å². The molecule has 0 unspecified atom stereocenters. The summed E-state index contributed by atoms with van der Waals surface area (Å²) >= 11 is 6.26. The molecule has 0 spiro atoms. The van der Waals surface area contributed by atoms with Gasteiger partial charge in [0.1, 0.15) is 5.82 Å². The molecule has 4 aromatic rings. The number of hydrogen-bond acceptors (Lipinski definition) is 3. The maximum absolute atomic E-state index is 12.7. The van der Waals surface area contributed by atoms with Crippen molar-refractivity contribution in [2.24, 2.45) is 0 Å². The maximum Gasteiger partial charge on any atom is 0.256 e. The Kier molecular flexibility index (Phi) is 6.29. The quantitative estimate of drug-likeness (QED) is 0.386. The molecule has 0 atom stereocenters. The first kappa shape index (κ1) is 21.3. The van der Waals surface area contributed by atoms with Crippen LogP contribution in [0.3, 0.4) is 0 Å². The second kappa shape index (κ2) is 9.45. The van der Waals surface area contributed by atoms with Gasteiger partial charge >= 0.3 is 0 Å². The zero-order valence-electron chi connectivity index (χ0n) is 17.3. The van der Waals surface area contributed by atoms with E-state index in [1.54, 1.807) is 42.6 Å². The number of nitrogens with zero attached hydrogens (tertiary/aromatic N) is 1. The van der Waals surface area contributed by atoms with Gasteiger partial charge in [0.2, 0.25) is 0 Å². The first-order chi connectivity index (χ1) is 15.5. The number of aryl methyl sites for hydroxylation is 1. The SMILES string of the molecule is Cc1ccnc(NC(=O)c2ccc(Cl)c(NC(=O)c3ccc(-c4ccccc4)cc3)c2)c1. The van der Waals surface area contributed by atoms with Gasteiger partial charge in [-0.3, -0.25) is 9.59 Å². The van der Waals surface area contributed by atoms with Crippen LogP contribution in [0.5, 0.6) is 0 Å². The summed E-state index contributed by atoms with van der Waals surface area (Å²) in [6, 6.07) is 25.6. The zero-order valence-corrected chi connectivity index (χ0v) is 18.1. The molecule has 1 heterocycles. The average Bonchev–Trinajstić information content (AvgIpc) is 2.81. The number of hydrogen-bond donors (Lipinski definition) is 2. The summed E-state index contributed by atoms with van der Waals surface area (Å²) < 4.78 is 0. The van der Waals surface area contributed by atoms with Crippen LogP contribution in [0.15, 0.2) is 91.1 Å². The van der Waals surface area contributed by atoms with Gasteiger partial charge in [-0.25, -0.2) is 4.98 Å². The molecule has 6 heteroatoms. The van der Waals surface area contributed by atoms with E-state index in [1.165, 1.54) is 0 Å². The average molecular weight is 442 g/mol. The highest BCUT2D eigenvalue weighted by molar-refractivity contribution is 6.34. The Balaban J connectivity index is 1.49. The molecule has 5 nitrogen and oxygen atoms in total. The van der Waals surface area contributed by atoms with E-state index < -0.39 is 0 Å². The summed E-state index contributed by atoms with van der Waals surface area (Å²) in [5, 5.41) is 5.87. The molecule has 158 valence electrons. The van der Waals surface area contributed by atoms with Gasteiger partial charge in [0.15, 0.2) is 0 Å². The number of rotatable bonds is 5. The summed E-state index contributed by atoms with van der Waals surface area (Å²) in [7, 11) is 0. The molecule has 0 fully saturated rings. The van der Waals surface area contributed by atoms with Gasteiger partial charge in [0.25, 0.3) is 11.8 Å². The number of aromatic nitrogens is 1. The number of anilines is 2. The topological polar surface area (TPSA) is 71.1 Å². The summed E-state index contributed by atoms with van der Waals surface area (Å²) in [6.07, 6.45) is 1.63. The third kappa shape index (κ3) is 5.02. The number of carbonyl (C=O) groups excluding carboxylic acids is 2. The highest BCUT2D eigenvalue weighted by Gasteiger charge is 2.13. The van der Waals surface area contributed by atoms with Gasteiger partial charge in [-0.1, -0.05) is 54.1 Å². The summed E-state index contributed by atoms with van der Waals surface area (Å²) in [6.45, 7) is 1.92. The zero-order chi connectivity index (χ0) is 22.5. The van der Waals surface area contributed by atoms with Crippen LogP contribution in [0, 0.1) is 6.92 Å². The molecule has 0 radical (unpaired) electrons. The van der Waals surface area contributed by atoms with Crippen LogP contribution in [-0.2, 0) is 0 Å². The Morgan fingerprint density at radius 3 is 2.12 bits per heavy atom. The molecule has 0 saturated carbocycles. The smallest absolute Gasteiger partial charge is 0.256 e. The Morgan fingerprint density at radius 1 is 0.750 bits per heavy atom. The maximum atomic E-state index is 12.7. The molecule has 0 aliphatic rings. The van der Waals surface area contributed by atoms with Crippen molar-refractivity contribution in [2.45, 2.75) is 6.92 Å². The molecule has 0 bridgehead atoms. The van der Waals surface area contributed by atoms with E-state index >= 15 is 0 Å². The Labute approximate surface area is 191 Å². The molecule has 0 aliphatic carbocycles. The first-order valence-corrected chi connectivity index (χ1v) is 10.4. The summed E-state index contributed by atoms with van der Waals surface area (Å²) in [5.74, 6) is -0.207. The van der Waals surface area contributed by atoms with Crippen molar-refractivity contribution < 1.29 is 9.59 Å². The molecule has 0 saturated heterocycles. The molecular weight excluding hydrogens is 422 g/mol. The van der Waals surface area contributed by atoms with Gasteiger partial charge in [-0.2, -0.15) is 0 Å². The molecular formula is C26H20ClN3O2. The lowest BCUT2D eigenvalue weighted by atomic mass is 10.0. The van der Waals surface area contributed by atoms with E-state index in [0.717, 1.165) is 16.7 Å². The van der Waals surface area contributed by atoms with E-state index in [0.29, 0.717) is 27.7 Å². The van der Waals surface area contributed by atoms with Crippen LogP contribution < -0.4 is 10.6 Å². The third-order valence-electron chi connectivity index (χ3n) is 4.89.